The predicted octanol–water partition coefficient (Wildman–Crippen LogP) is 0.373. The van der Waals surface area contributed by atoms with Gasteiger partial charge in [-0.2, -0.15) is 5.10 Å². The van der Waals surface area contributed by atoms with Gasteiger partial charge in [0.1, 0.15) is 12.6 Å². The van der Waals surface area contributed by atoms with Crippen LogP contribution in [0.25, 0.3) is 5.69 Å². The highest BCUT2D eigenvalue weighted by Gasteiger charge is 1.99. The second-order valence-electron chi connectivity index (χ2n) is 2.74. The highest BCUT2D eigenvalue weighted by atomic mass is 16.1. The Morgan fingerprint density at radius 3 is 2.50 bits per heavy atom. The number of hydrogen-bond acceptors (Lipinski definition) is 3. The zero-order valence-corrected chi connectivity index (χ0v) is 7.18. The largest absolute Gasteiger partial charge is 0.347 e. The van der Waals surface area contributed by atoms with Gasteiger partial charge in [-0.25, -0.2) is 14.5 Å². The standard InChI is InChI=1S/C9H7N3O2/c13-5-7-1-3-8(4-2-7)12-6-10-11-9(12)14/h1-6H,(H,11,14). The van der Waals surface area contributed by atoms with Gasteiger partial charge < -0.3 is 0 Å². The Kier molecular flexibility index (Phi) is 1.98. The van der Waals surface area contributed by atoms with Gasteiger partial charge in [-0.1, -0.05) is 0 Å². The summed E-state index contributed by atoms with van der Waals surface area (Å²) in [4.78, 5) is 21.5. The number of H-pyrrole nitrogens is 1. The van der Waals surface area contributed by atoms with E-state index in [9.17, 15) is 9.59 Å². The SMILES string of the molecule is O=Cc1ccc(-n2cn[nH]c2=O)cc1. The van der Waals surface area contributed by atoms with Crippen molar-refractivity contribution in [3.05, 3.63) is 46.6 Å². The highest BCUT2D eigenvalue weighted by molar-refractivity contribution is 5.75. The van der Waals surface area contributed by atoms with Crippen molar-refractivity contribution in [1.29, 1.82) is 0 Å². The molecular weight excluding hydrogens is 182 g/mol. The molecule has 2 rings (SSSR count). The maximum Gasteiger partial charge on any atom is 0.347 e. The number of carbonyl (C=O) groups is 1. The number of aldehydes is 1. The van der Waals surface area contributed by atoms with Crippen molar-refractivity contribution in [1.82, 2.24) is 14.8 Å². The van der Waals surface area contributed by atoms with E-state index in [2.05, 4.69) is 10.2 Å². The van der Waals surface area contributed by atoms with Crippen molar-refractivity contribution < 1.29 is 4.79 Å². The fraction of sp³-hybridized carbons (Fsp3) is 0. The van der Waals surface area contributed by atoms with Crippen LogP contribution >= 0.6 is 0 Å². The Morgan fingerprint density at radius 1 is 1.29 bits per heavy atom. The highest BCUT2D eigenvalue weighted by Crippen LogP contribution is 2.05. The van der Waals surface area contributed by atoms with Crippen molar-refractivity contribution in [2.75, 3.05) is 0 Å². The average molecular weight is 189 g/mol. The number of aromatic amines is 1. The summed E-state index contributed by atoms with van der Waals surface area (Å²) in [6.07, 6.45) is 2.14. The molecule has 0 aliphatic carbocycles. The van der Waals surface area contributed by atoms with Crippen molar-refractivity contribution in [3.63, 3.8) is 0 Å². The molecule has 0 radical (unpaired) electrons. The maximum atomic E-state index is 11.1. The number of nitrogens with one attached hydrogen (secondary N) is 1. The minimum atomic E-state index is -0.302. The van der Waals surface area contributed by atoms with E-state index in [-0.39, 0.29) is 5.69 Å². The smallest absolute Gasteiger partial charge is 0.298 e. The topological polar surface area (TPSA) is 67.8 Å². The second kappa shape index (κ2) is 3.29. The van der Waals surface area contributed by atoms with E-state index in [4.69, 9.17) is 0 Å². The van der Waals surface area contributed by atoms with E-state index >= 15 is 0 Å². The summed E-state index contributed by atoms with van der Waals surface area (Å²) in [7, 11) is 0. The molecule has 1 aromatic heterocycles. The van der Waals surface area contributed by atoms with Crippen LogP contribution in [-0.2, 0) is 0 Å². The molecule has 0 saturated carbocycles. The second-order valence-corrected chi connectivity index (χ2v) is 2.74. The van der Waals surface area contributed by atoms with Crippen LogP contribution in [0.2, 0.25) is 0 Å². The summed E-state index contributed by atoms with van der Waals surface area (Å²) >= 11 is 0. The zero-order chi connectivity index (χ0) is 9.97. The molecule has 0 amide bonds. The summed E-state index contributed by atoms with van der Waals surface area (Å²) < 4.78 is 1.36. The van der Waals surface area contributed by atoms with Crippen LogP contribution in [0.4, 0.5) is 0 Å². The summed E-state index contributed by atoms with van der Waals surface area (Å²) in [5, 5.41) is 5.88. The normalized spacial score (nSPS) is 10.0. The van der Waals surface area contributed by atoms with Crippen LogP contribution in [0.3, 0.4) is 0 Å². The number of aromatic nitrogens is 3. The average Bonchev–Trinajstić information content (AvgIpc) is 2.65. The molecule has 0 spiro atoms. The number of rotatable bonds is 2. The quantitative estimate of drug-likeness (QED) is 0.694. The van der Waals surface area contributed by atoms with E-state index in [1.807, 2.05) is 0 Å². The van der Waals surface area contributed by atoms with E-state index in [1.54, 1.807) is 24.3 Å². The minimum Gasteiger partial charge on any atom is -0.298 e. The first-order valence-electron chi connectivity index (χ1n) is 3.99. The molecule has 70 valence electrons. The first-order chi connectivity index (χ1) is 6.81. The number of carbonyl (C=O) groups excluding carboxylic acids is 1. The first-order valence-corrected chi connectivity index (χ1v) is 3.99. The van der Waals surface area contributed by atoms with Gasteiger partial charge in [-0.15, -0.1) is 0 Å². The molecule has 0 fully saturated rings. The van der Waals surface area contributed by atoms with E-state index in [1.165, 1.54) is 10.9 Å². The molecule has 0 aliphatic rings. The van der Waals surface area contributed by atoms with Crippen LogP contribution in [0.15, 0.2) is 35.4 Å². The summed E-state index contributed by atoms with van der Waals surface area (Å²) in [5.41, 5.74) is 0.948. The van der Waals surface area contributed by atoms with Crippen LogP contribution in [0.1, 0.15) is 10.4 Å². The maximum absolute atomic E-state index is 11.1. The Hall–Kier alpha value is -2.17. The van der Waals surface area contributed by atoms with Gasteiger partial charge in [-0.05, 0) is 24.3 Å². The summed E-state index contributed by atoms with van der Waals surface area (Å²) in [6, 6.07) is 6.64. The molecule has 2 aromatic rings. The van der Waals surface area contributed by atoms with Crippen molar-refractivity contribution in [2.45, 2.75) is 0 Å². The van der Waals surface area contributed by atoms with Gasteiger partial charge in [0.25, 0.3) is 0 Å². The van der Waals surface area contributed by atoms with Gasteiger partial charge in [0.05, 0.1) is 5.69 Å². The first kappa shape index (κ1) is 8.43. The Balaban J connectivity index is 2.48. The lowest BCUT2D eigenvalue weighted by atomic mass is 10.2. The summed E-state index contributed by atoms with van der Waals surface area (Å²) in [6.45, 7) is 0. The van der Waals surface area contributed by atoms with E-state index < -0.39 is 0 Å². The minimum absolute atomic E-state index is 0.302. The van der Waals surface area contributed by atoms with Crippen LogP contribution in [0.5, 0.6) is 0 Å². The molecule has 0 unspecified atom stereocenters. The Bertz CT molecular complexity index is 495. The van der Waals surface area contributed by atoms with Crippen LogP contribution in [-0.4, -0.2) is 21.1 Å². The lowest BCUT2D eigenvalue weighted by Crippen LogP contribution is -2.13. The molecule has 5 heteroatoms. The predicted molar refractivity (Wildman–Crippen MR) is 49.6 cm³/mol. The van der Waals surface area contributed by atoms with Gasteiger partial charge in [0.15, 0.2) is 0 Å². The fourth-order valence-corrected chi connectivity index (χ4v) is 1.15. The molecule has 0 saturated heterocycles. The van der Waals surface area contributed by atoms with Crippen molar-refractivity contribution >= 4 is 6.29 Å². The number of benzene rings is 1. The Morgan fingerprint density at radius 2 is 2.00 bits per heavy atom. The van der Waals surface area contributed by atoms with Gasteiger partial charge >= 0.3 is 5.69 Å². The van der Waals surface area contributed by atoms with Crippen molar-refractivity contribution in [3.8, 4) is 5.69 Å². The molecule has 1 aromatic carbocycles. The number of hydrogen-bond donors (Lipinski definition) is 1. The molecule has 0 aliphatic heterocycles. The van der Waals surface area contributed by atoms with Gasteiger partial charge in [-0.3, -0.25) is 4.79 Å². The molecule has 1 N–H and O–H groups in total. The molecule has 5 nitrogen and oxygen atoms in total. The number of nitrogens with zero attached hydrogens (tertiary/aromatic N) is 2. The monoisotopic (exact) mass is 189 g/mol. The molecule has 1 heterocycles. The molecule has 0 bridgehead atoms. The third-order valence-electron chi connectivity index (χ3n) is 1.86. The fourth-order valence-electron chi connectivity index (χ4n) is 1.15. The third kappa shape index (κ3) is 1.35. The summed E-state index contributed by atoms with van der Waals surface area (Å²) in [5.74, 6) is 0. The van der Waals surface area contributed by atoms with Gasteiger partial charge in [0, 0.05) is 5.56 Å². The van der Waals surface area contributed by atoms with E-state index in [0.29, 0.717) is 11.3 Å². The molecule has 14 heavy (non-hydrogen) atoms. The lowest BCUT2D eigenvalue weighted by Gasteiger charge is -1.98. The van der Waals surface area contributed by atoms with Crippen molar-refractivity contribution in [2.24, 2.45) is 0 Å². The zero-order valence-electron chi connectivity index (χ0n) is 7.18. The Labute approximate surface area is 79.0 Å². The van der Waals surface area contributed by atoms with Crippen LogP contribution < -0.4 is 5.69 Å². The third-order valence-corrected chi connectivity index (χ3v) is 1.86. The van der Waals surface area contributed by atoms with E-state index in [0.717, 1.165) is 6.29 Å². The van der Waals surface area contributed by atoms with Gasteiger partial charge in [0.2, 0.25) is 0 Å². The molecular formula is C9H7N3O2. The molecule has 0 atom stereocenters. The lowest BCUT2D eigenvalue weighted by molar-refractivity contribution is 0.112. The van der Waals surface area contributed by atoms with Crippen LogP contribution in [0, 0.1) is 0 Å².